The van der Waals surface area contributed by atoms with Crippen LogP contribution in [-0.4, -0.2) is 85.4 Å². The first-order chi connectivity index (χ1) is 20.1. The number of nitrogens with two attached hydrogens (primary N) is 1. The molecular formula is C26H31ClF6N6O5. The van der Waals surface area contributed by atoms with Gasteiger partial charge in [-0.15, -0.1) is 0 Å². The Labute approximate surface area is 252 Å². The molecule has 2 aromatic heterocycles. The Kier molecular flexibility index (Phi) is 11.4. The topological polar surface area (TPSA) is 157 Å². The molecule has 0 spiro atoms. The zero-order chi connectivity index (χ0) is 33.9. The van der Waals surface area contributed by atoms with Gasteiger partial charge in [0.2, 0.25) is 0 Å². The number of ether oxygens (including phenoxy) is 1. The summed E-state index contributed by atoms with van der Waals surface area (Å²) in [5.41, 5.74) is 10.9. The van der Waals surface area contributed by atoms with Crippen molar-refractivity contribution in [3.8, 4) is 5.75 Å². The number of benzene rings is 1. The Bertz CT molecular complexity index is 1480. The number of alkyl halides is 6. The second-order valence-corrected chi connectivity index (χ2v) is 10.4. The average Bonchev–Trinajstić information content (AvgIpc) is 3.22. The molecule has 0 bridgehead atoms. The van der Waals surface area contributed by atoms with Crippen LogP contribution in [0.5, 0.6) is 5.75 Å². The zero-order valence-corrected chi connectivity index (χ0v) is 25.1. The third kappa shape index (κ3) is 8.19. The minimum atomic E-state index is -5.08. The smallest absolute Gasteiger partial charge is 0.490 e. The first-order valence-electron chi connectivity index (χ1n) is 12.8. The van der Waals surface area contributed by atoms with E-state index in [0.717, 1.165) is 46.1 Å². The van der Waals surface area contributed by atoms with Gasteiger partial charge in [-0.2, -0.15) is 31.4 Å². The van der Waals surface area contributed by atoms with Crippen LogP contribution in [0.1, 0.15) is 55.1 Å². The SMILES string of the molecule is COc1c(C(C)n2nc(C)c3c(N)ncnc32)cc(Cl)c(C)c1C1CN(C(C)C)C1.O=C(O)C(F)(F)F.O=C(O)C(F)(F)F. The van der Waals surface area contributed by atoms with E-state index in [-0.39, 0.29) is 6.04 Å². The summed E-state index contributed by atoms with van der Waals surface area (Å²) >= 11 is 6.71. The molecule has 0 saturated carbocycles. The number of carboxylic acid groups (broad SMARTS) is 2. The van der Waals surface area contributed by atoms with Gasteiger partial charge in [0, 0.05) is 41.2 Å². The maximum absolute atomic E-state index is 10.6. The minimum Gasteiger partial charge on any atom is -0.496 e. The molecule has 3 aromatic rings. The van der Waals surface area contributed by atoms with Gasteiger partial charge in [-0.3, -0.25) is 4.90 Å². The average molecular weight is 657 g/mol. The summed E-state index contributed by atoms with van der Waals surface area (Å²) < 4.78 is 71.3. The molecule has 11 nitrogen and oxygen atoms in total. The van der Waals surface area contributed by atoms with E-state index in [1.165, 1.54) is 11.9 Å². The summed E-state index contributed by atoms with van der Waals surface area (Å²) in [5, 5.41) is 20.5. The number of hydrogen-bond donors (Lipinski definition) is 3. The second-order valence-electron chi connectivity index (χ2n) is 10.0. The van der Waals surface area contributed by atoms with Gasteiger partial charge in [0.25, 0.3) is 0 Å². The van der Waals surface area contributed by atoms with Crippen LogP contribution in [0.3, 0.4) is 0 Å². The molecule has 0 radical (unpaired) electrons. The number of nitrogens with zero attached hydrogens (tertiary/aromatic N) is 5. The number of aromatic nitrogens is 4. The van der Waals surface area contributed by atoms with Crippen LogP contribution in [0.4, 0.5) is 32.2 Å². The van der Waals surface area contributed by atoms with E-state index in [2.05, 4.69) is 42.6 Å². The Morgan fingerprint density at radius 2 is 1.55 bits per heavy atom. The molecule has 1 aromatic carbocycles. The maximum atomic E-state index is 10.6. The fourth-order valence-corrected chi connectivity index (χ4v) is 4.70. The predicted molar refractivity (Wildman–Crippen MR) is 148 cm³/mol. The summed E-state index contributed by atoms with van der Waals surface area (Å²) in [7, 11) is 1.73. The number of fused-ring (bicyclic) bond motifs is 1. The van der Waals surface area contributed by atoms with Crippen LogP contribution in [0.2, 0.25) is 5.02 Å². The monoisotopic (exact) mass is 656 g/mol. The summed E-state index contributed by atoms with van der Waals surface area (Å²) in [4.78, 5) is 28.8. The van der Waals surface area contributed by atoms with E-state index < -0.39 is 24.3 Å². The molecule has 0 amide bonds. The van der Waals surface area contributed by atoms with Crippen molar-refractivity contribution in [1.82, 2.24) is 24.6 Å². The third-order valence-electron chi connectivity index (χ3n) is 6.80. The van der Waals surface area contributed by atoms with Crippen molar-refractivity contribution >= 4 is 40.4 Å². The quantitative estimate of drug-likeness (QED) is 0.305. The number of rotatable bonds is 5. The van der Waals surface area contributed by atoms with Gasteiger partial charge in [0.1, 0.15) is 17.9 Å². The molecule has 44 heavy (non-hydrogen) atoms. The Balaban J connectivity index is 0.000000402. The number of carboxylic acids is 2. The highest BCUT2D eigenvalue weighted by Gasteiger charge is 2.39. The van der Waals surface area contributed by atoms with Crippen molar-refractivity contribution in [2.75, 3.05) is 25.9 Å². The molecule has 4 rings (SSSR count). The highest BCUT2D eigenvalue weighted by molar-refractivity contribution is 6.31. The lowest BCUT2D eigenvalue weighted by Gasteiger charge is -2.43. The normalized spacial score (nSPS) is 14.7. The van der Waals surface area contributed by atoms with Crippen LogP contribution in [0.15, 0.2) is 12.4 Å². The van der Waals surface area contributed by atoms with Gasteiger partial charge in [-0.1, -0.05) is 11.6 Å². The number of methoxy groups -OCH3 is 1. The van der Waals surface area contributed by atoms with Crippen LogP contribution >= 0.6 is 11.6 Å². The molecule has 4 N–H and O–H groups in total. The lowest BCUT2D eigenvalue weighted by molar-refractivity contribution is -0.193. The van der Waals surface area contributed by atoms with Gasteiger partial charge in [0.15, 0.2) is 5.65 Å². The lowest BCUT2D eigenvalue weighted by Crippen LogP contribution is -2.48. The molecule has 1 fully saturated rings. The summed E-state index contributed by atoms with van der Waals surface area (Å²) in [6.45, 7) is 12.6. The first kappa shape index (κ1) is 36.3. The molecular weight excluding hydrogens is 626 g/mol. The maximum Gasteiger partial charge on any atom is 0.490 e. The van der Waals surface area contributed by atoms with Crippen LogP contribution in [0.25, 0.3) is 11.0 Å². The number of anilines is 1. The van der Waals surface area contributed by atoms with Gasteiger partial charge in [0.05, 0.1) is 24.2 Å². The van der Waals surface area contributed by atoms with Gasteiger partial charge in [-0.25, -0.2) is 24.2 Å². The van der Waals surface area contributed by atoms with E-state index in [1.807, 2.05) is 17.7 Å². The minimum absolute atomic E-state index is 0.136. The van der Waals surface area contributed by atoms with Crippen LogP contribution < -0.4 is 10.5 Å². The molecule has 244 valence electrons. The molecule has 3 heterocycles. The molecule has 18 heteroatoms. The largest absolute Gasteiger partial charge is 0.496 e. The van der Waals surface area contributed by atoms with Crippen molar-refractivity contribution in [2.45, 2.75) is 65.0 Å². The molecule has 1 aliphatic rings. The highest BCUT2D eigenvalue weighted by atomic mass is 35.5. The lowest BCUT2D eigenvalue weighted by atomic mass is 9.84. The first-order valence-corrected chi connectivity index (χ1v) is 13.2. The zero-order valence-electron chi connectivity index (χ0n) is 24.4. The Morgan fingerprint density at radius 3 is 1.98 bits per heavy atom. The van der Waals surface area contributed by atoms with Crippen LogP contribution in [-0.2, 0) is 9.59 Å². The number of halogens is 7. The van der Waals surface area contributed by atoms with E-state index in [9.17, 15) is 26.3 Å². The predicted octanol–water partition coefficient (Wildman–Crippen LogP) is 5.37. The fourth-order valence-electron chi connectivity index (χ4n) is 4.48. The van der Waals surface area contributed by atoms with Crippen LogP contribution in [0, 0.1) is 13.8 Å². The summed E-state index contributed by atoms with van der Waals surface area (Å²) in [6.07, 6.45) is -8.69. The van der Waals surface area contributed by atoms with Crippen molar-refractivity contribution in [1.29, 1.82) is 0 Å². The number of carbonyl (C=O) groups is 2. The van der Waals surface area contributed by atoms with E-state index in [0.29, 0.717) is 23.4 Å². The van der Waals surface area contributed by atoms with Gasteiger partial charge < -0.3 is 20.7 Å². The van der Waals surface area contributed by atoms with E-state index in [4.69, 9.17) is 47.0 Å². The Morgan fingerprint density at radius 1 is 1.05 bits per heavy atom. The molecule has 1 saturated heterocycles. The molecule has 1 atom stereocenters. The van der Waals surface area contributed by atoms with E-state index in [1.54, 1.807) is 7.11 Å². The highest BCUT2D eigenvalue weighted by Crippen LogP contribution is 2.44. The number of likely N-dealkylation sites (tertiary alicyclic amines) is 1. The number of aliphatic carboxylic acids is 2. The molecule has 1 unspecified atom stereocenters. The fraction of sp³-hybridized carbons (Fsp3) is 0.500. The second kappa shape index (κ2) is 13.8. The van der Waals surface area contributed by atoms with Crippen molar-refractivity contribution in [2.24, 2.45) is 0 Å². The van der Waals surface area contributed by atoms with Gasteiger partial charge in [-0.05, 0) is 46.2 Å². The molecule has 0 aliphatic carbocycles. The number of aryl methyl sites for hydroxylation is 1. The third-order valence-corrected chi connectivity index (χ3v) is 7.19. The van der Waals surface area contributed by atoms with Gasteiger partial charge >= 0.3 is 24.3 Å². The standard InChI is InChI=1S/C22H29ClN6O.2C2HF3O2/c1-11(2)28-8-15(9-28)18-12(3)17(23)7-16(20(18)30-6)14(5)29-22-19(13(4)27-29)21(24)25-10-26-22;2*3-2(4,5)1(6)7/h7,10-11,14-15H,8-9H2,1-6H3,(H2,24,25,26);2*(H,6,7). The van der Waals surface area contributed by atoms with E-state index >= 15 is 0 Å². The van der Waals surface area contributed by atoms with Crippen molar-refractivity contribution in [3.05, 3.63) is 39.8 Å². The van der Waals surface area contributed by atoms with Crippen molar-refractivity contribution < 1.29 is 50.9 Å². The molecule has 1 aliphatic heterocycles. The summed E-state index contributed by atoms with van der Waals surface area (Å²) in [5.74, 6) is -3.78. The number of nitrogen functional groups attached to an aromatic ring is 1. The number of hydrogen-bond acceptors (Lipinski definition) is 8. The summed E-state index contributed by atoms with van der Waals surface area (Å²) in [6, 6.07) is 2.40. The van der Waals surface area contributed by atoms with Crippen molar-refractivity contribution in [3.63, 3.8) is 0 Å². The Hall–Kier alpha value is -3.86.